The zero-order valence-electron chi connectivity index (χ0n) is 39.1. The number of hydrogen-bond donors (Lipinski definition) is 1. The minimum Gasteiger partial charge on any atom is -0.477 e. The van der Waals surface area contributed by atoms with Crippen LogP contribution in [0, 0.1) is 0 Å². The standard InChI is InChI=1S/C52H89NO7/c1-6-8-10-12-14-16-18-20-22-24-26-28-30-32-34-36-38-40-42-50(54)59-47-48(46-58-45-44-49(52(56)57)53(3,4)5)60-51(55)43-41-39-37-35-33-31-29-27-25-23-21-19-17-15-13-11-9-7-2/h10,12,14,16,18,20,22,24,26-29,48-49H,6-9,11,13,15,17,19,21,23,25,30-47H2,1-5H3/p+1/b12-10+,16-14+,20-18+,24-22+,28-26+,29-27+. The van der Waals surface area contributed by atoms with E-state index < -0.39 is 18.1 Å². The summed E-state index contributed by atoms with van der Waals surface area (Å²) in [5.74, 6) is -1.51. The summed E-state index contributed by atoms with van der Waals surface area (Å²) in [6, 6.07) is -0.624. The fraction of sp³-hybridized carbons (Fsp3) is 0.712. The van der Waals surface area contributed by atoms with Crippen molar-refractivity contribution in [1.82, 2.24) is 0 Å². The van der Waals surface area contributed by atoms with Crippen LogP contribution in [-0.4, -0.2) is 80.6 Å². The molecule has 8 nitrogen and oxygen atoms in total. The Labute approximate surface area is 368 Å². The van der Waals surface area contributed by atoms with Gasteiger partial charge in [0, 0.05) is 19.3 Å². The van der Waals surface area contributed by atoms with Crippen molar-refractivity contribution in [2.45, 2.75) is 199 Å². The lowest BCUT2D eigenvalue weighted by Crippen LogP contribution is -2.50. The van der Waals surface area contributed by atoms with E-state index in [-0.39, 0.29) is 36.2 Å². The van der Waals surface area contributed by atoms with Gasteiger partial charge >= 0.3 is 17.9 Å². The van der Waals surface area contributed by atoms with Crippen molar-refractivity contribution in [3.63, 3.8) is 0 Å². The second kappa shape index (κ2) is 42.5. The van der Waals surface area contributed by atoms with Gasteiger partial charge < -0.3 is 23.8 Å². The van der Waals surface area contributed by atoms with E-state index in [4.69, 9.17) is 14.2 Å². The molecule has 0 spiro atoms. The molecule has 0 saturated heterocycles. The van der Waals surface area contributed by atoms with Crippen LogP contribution in [0.3, 0.4) is 0 Å². The zero-order chi connectivity index (χ0) is 44.2. The number of allylic oxidation sites excluding steroid dienone is 12. The molecule has 0 fully saturated rings. The maximum Gasteiger partial charge on any atom is 0.362 e. The molecule has 0 aromatic heterocycles. The second-order valence-electron chi connectivity index (χ2n) is 17.1. The summed E-state index contributed by atoms with van der Waals surface area (Å²) in [6.45, 7) is 4.61. The Bertz CT molecular complexity index is 1210. The highest BCUT2D eigenvalue weighted by Crippen LogP contribution is 2.14. The molecule has 60 heavy (non-hydrogen) atoms. The highest BCUT2D eigenvalue weighted by molar-refractivity contribution is 5.72. The minimum atomic E-state index is -0.882. The first kappa shape index (κ1) is 56.8. The normalized spacial score (nSPS) is 13.6. The third-order valence-electron chi connectivity index (χ3n) is 10.4. The van der Waals surface area contributed by atoms with Gasteiger partial charge in [-0.15, -0.1) is 0 Å². The van der Waals surface area contributed by atoms with Crippen LogP contribution in [0.5, 0.6) is 0 Å². The van der Waals surface area contributed by atoms with Gasteiger partial charge in [0.15, 0.2) is 12.1 Å². The number of unbranched alkanes of at least 4 members (excludes halogenated alkanes) is 20. The van der Waals surface area contributed by atoms with Crippen LogP contribution in [0.1, 0.15) is 187 Å². The SMILES string of the molecule is CCC/C=C/C=C/C=C/C=C/C=C/CCCCCCCC(=O)OCC(COCCC(C(=O)O)[N+](C)(C)C)OC(=O)CCCCCCC/C=C/CCCCCCCCCCC. The molecular weight excluding hydrogens is 751 g/mol. The largest absolute Gasteiger partial charge is 0.477 e. The summed E-state index contributed by atoms with van der Waals surface area (Å²) in [6.07, 6.45) is 53.7. The van der Waals surface area contributed by atoms with Gasteiger partial charge in [0.1, 0.15) is 6.61 Å². The Morgan fingerprint density at radius 3 is 1.42 bits per heavy atom. The van der Waals surface area contributed by atoms with Gasteiger partial charge in [-0.05, 0) is 57.8 Å². The van der Waals surface area contributed by atoms with E-state index in [1.165, 1.54) is 77.0 Å². The van der Waals surface area contributed by atoms with E-state index in [9.17, 15) is 19.5 Å². The fourth-order valence-electron chi connectivity index (χ4n) is 6.70. The van der Waals surface area contributed by atoms with Crippen LogP contribution in [-0.2, 0) is 28.6 Å². The first-order valence-corrected chi connectivity index (χ1v) is 24.0. The highest BCUT2D eigenvalue weighted by atomic mass is 16.6. The highest BCUT2D eigenvalue weighted by Gasteiger charge is 2.31. The average molecular weight is 841 g/mol. The van der Waals surface area contributed by atoms with E-state index in [0.717, 1.165) is 77.0 Å². The third-order valence-corrected chi connectivity index (χ3v) is 10.4. The lowest BCUT2D eigenvalue weighted by molar-refractivity contribution is -0.887. The predicted molar refractivity (Wildman–Crippen MR) is 252 cm³/mol. The molecule has 0 heterocycles. The van der Waals surface area contributed by atoms with Gasteiger partial charge in [-0.25, -0.2) is 4.79 Å². The molecule has 0 radical (unpaired) electrons. The molecule has 2 atom stereocenters. The Morgan fingerprint density at radius 2 is 0.933 bits per heavy atom. The van der Waals surface area contributed by atoms with Crippen LogP contribution in [0.15, 0.2) is 72.9 Å². The number of carboxylic acid groups (broad SMARTS) is 1. The van der Waals surface area contributed by atoms with Crippen LogP contribution < -0.4 is 0 Å². The van der Waals surface area contributed by atoms with E-state index in [1.54, 1.807) is 0 Å². The van der Waals surface area contributed by atoms with Crippen LogP contribution in [0.25, 0.3) is 0 Å². The monoisotopic (exact) mass is 841 g/mol. The summed E-state index contributed by atoms with van der Waals surface area (Å²) in [4.78, 5) is 37.1. The number of hydrogen-bond acceptors (Lipinski definition) is 6. The topological polar surface area (TPSA) is 99.1 Å². The number of carbonyl (C=O) groups is 3. The van der Waals surface area contributed by atoms with Crippen molar-refractivity contribution in [3.05, 3.63) is 72.9 Å². The molecule has 0 bridgehead atoms. The Hall–Kier alpha value is -3.23. The predicted octanol–water partition coefficient (Wildman–Crippen LogP) is 13.5. The summed E-state index contributed by atoms with van der Waals surface area (Å²) in [7, 11) is 5.51. The molecule has 2 unspecified atom stereocenters. The Balaban J connectivity index is 4.37. The van der Waals surface area contributed by atoms with Crippen molar-refractivity contribution < 1.29 is 38.2 Å². The molecule has 0 aromatic carbocycles. The maximum absolute atomic E-state index is 12.8. The number of likely N-dealkylation sites (N-methyl/N-ethyl adjacent to an activating group) is 1. The lowest BCUT2D eigenvalue weighted by Gasteiger charge is -2.31. The van der Waals surface area contributed by atoms with Crippen LogP contribution in [0.2, 0.25) is 0 Å². The molecule has 0 aromatic rings. The van der Waals surface area contributed by atoms with Crippen LogP contribution >= 0.6 is 0 Å². The first-order chi connectivity index (χ1) is 29.1. The van der Waals surface area contributed by atoms with Gasteiger partial charge in [0.05, 0.1) is 34.4 Å². The molecule has 0 aliphatic carbocycles. The van der Waals surface area contributed by atoms with Crippen molar-refractivity contribution in [1.29, 1.82) is 0 Å². The number of ether oxygens (including phenoxy) is 3. The number of quaternary nitrogens is 1. The van der Waals surface area contributed by atoms with Gasteiger partial charge in [-0.3, -0.25) is 9.59 Å². The van der Waals surface area contributed by atoms with Gasteiger partial charge in [0.25, 0.3) is 0 Å². The maximum atomic E-state index is 12.8. The quantitative estimate of drug-likeness (QED) is 0.0215. The van der Waals surface area contributed by atoms with Crippen molar-refractivity contribution in [3.8, 4) is 0 Å². The molecule has 0 saturated carbocycles. The van der Waals surface area contributed by atoms with Gasteiger partial charge in [0.2, 0.25) is 0 Å². The smallest absolute Gasteiger partial charge is 0.362 e. The molecule has 0 aliphatic heterocycles. The minimum absolute atomic E-state index is 0.0461. The number of carboxylic acids is 1. The van der Waals surface area contributed by atoms with Crippen LogP contribution in [0.4, 0.5) is 0 Å². The Morgan fingerprint density at radius 1 is 0.500 bits per heavy atom. The van der Waals surface area contributed by atoms with E-state index in [2.05, 4.69) is 50.3 Å². The summed E-state index contributed by atoms with van der Waals surface area (Å²) >= 11 is 0. The molecular formula is C52H90NO7+. The molecule has 0 amide bonds. The van der Waals surface area contributed by atoms with Crippen molar-refractivity contribution in [2.24, 2.45) is 0 Å². The number of nitrogens with zero attached hydrogens (tertiary/aromatic N) is 1. The number of carbonyl (C=O) groups excluding carboxylic acids is 2. The zero-order valence-corrected chi connectivity index (χ0v) is 39.1. The lowest BCUT2D eigenvalue weighted by atomic mass is 10.1. The number of aliphatic carboxylic acids is 1. The van der Waals surface area contributed by atoms with E-state index in [1.807, 2.05) is 57.6 Å². The third kappa shape index (κ3) is 40.2. The number of rotatable bonds is 42. The molecule has 1 N–H and O–H groups in total. The fourth-order valence-corrected chi connectivity index (χ4v) is 6.70. The number of esters is 2. The Kier molecular flexibility index (Phi) is 40.2. The summed E-state index contributed by atoms with van der Waals surface area (Å²) in [5.41, 5.74) is 0. The van der Waals surface area contributed by atoms with Gasteiger partial charge in [-0.1, -0.05) is 183 Å². The molecule has 0 rings (SSSR count). The first-order valence-electron chi connectivity index (χ1n) is 24.0. The molecule has 0 aliphatic rings. The van der Waals surface area contributed by atoms with E-state index >= 15 is 0 Å². The average Bonchev–Trinajstić information content (AvgIpc) is 3.21. The van der Waals surface area contributed by atoms with E-state index in [0.29, 0.717) is 19.3 Å². The van der Waals surface area contributed by atoms with Crippen molar-refractivity contribution in [2.75, 3.05) is 41.0 Å². The summed E-state index contributed by atoms with van der Waals surface area (Å²) in [5, 5.41) is 9.64. The van der Waals surface area contributed by atoms with Crippen molar-refractivity contribution >= 4 is 17.9 Å². The molecule has 8 heteroatoms. The van der Waals surface area contributed by atoms with Gasteiger partial charge in [-0.2, -0.15) is 0 Å². The second-order valence-corrected chi connectivity index (χ2v) is 17.1. The molecule has 344 valence electrons. The summed E-state index contributed by atoms with van der Waals surface area (Å²) < 4.78 is 17.3.